The van der Waals surface area contributed by atoms with E-state index in [1.165, 1.54) is 0 Å². The van der Waals surface area contributed by atoms with Gasteiger partial charge in [0.2, 0.25) is 0 Å². The summed E-state index contributed by atoms with van der Waals surface area (Å²) < 4.78 is 0.999. The number of nitrogens with two attached hydrogens (primary N) is 1. The molecule has 3 nitrogen and oxygen atoms in total. The van der Waals surface area contributed by atoms with E-state index in [1.807, 2.05) is 23.7 Å². The van der Waals surface area contributed by atoms with Crippen LogP contribution >= 0.6 is 39.5 Å². The van der Waals surface area contributed by atoms with Crippen molar-refractivity contribution in [2.24, 2.45) is 5.73 Å². The molecule has 1 aromatic carbocycles. The molecule has 0 aliphatic carbocycles. The van der Waals surface area contributed by atoms with Gasteiger partial charge in [0.1, 0.15) is 4.99 Å². The topological polar surface area (TPSA) is 50.9 Å². The number of hydrogen-bond acceptors (Lipinski definition) is 4. The minimum atomic E-state index is 0.402. The SMILES string of the molecule is NC(=S)c1ccc(Br)cc1NCCc1cscn1. The fourth-order valence-corrected chi connectivity index (χ4v) is 2.70. The Morgan fingerprint density at radius 2 is 2.33 bits per heavy atom. The first-order chi connectivity index (χ1) is 8.66. The van der Waals surface area contributed by atoms with Crippen molar-refractivity contribution in [3.63, 3.8) is 0 Å². The second kappa shape index (κ2) is 6.26. The maximum absolute atomic E-state index is 5.70. The lowest BCUT2D eigenvalue weighted by molar-refractivity contribution is 0.977. The smallest absolute Gasteiger partial charge is 0.106 e. The highest BCUT2D eigenvalue weighted by molar-refractivity contribution is 9.10. The van der Waals surface area contributed by atoms with Crippen molar-refractivity contribution < 1.29 is 0 Å². The van der Waals surface area contributed by atoms with Gasteiger partial charge in [-0.3, -0.25) is 0 Å². The maximum atomic E-state index is 5.70. The van der Waals surface area contributed by atoms with Gasteiger partial charge in [0.05, 0.1) is 11.2 Å². The molecule has 0 atom stereocenters. The molecule has 0 saturated carbocycles. The first-order valence-electron chi connectivity index (χ1n) is 5.37. The Balaban J connectivity index is 2.03. The zero-order chi connectivity index (χ0) is 13.0. The molecule has 0 fully saturated rings. The van der Waals surface area contributed by atoms with Gasteiger partial charge in [0, 0.05) is 34.1 Å². The predicted molar refractivity (Wildman–Crippen MR) is 84.3 cm³/mol. The van der Waals surface area contributed by atoms with Gasteiger partial charge in [0.15, 0.2) is 0 Å². The molecule has 1 heterocycles. The van der Waals surface area contributed by atoms with E-state index in [-0.39, 0.29) is 0 Å². The number of thiazole rings is 1. The van der Waals surface area contributed by atoms with Gasteiger partial charge in [-0.1, -0.05) is 28.1 Å². The van der Waals surface area contributed by atoms with Gasteiger partial charge in [0.25, 0.3) is 0 Å². The van der Waals surface area contributed by atoms with Crippen LogP contribution in [0.25, 0.3) is 0 Å². The van der Waals surface area contributed by atoms with Crippen LogP contribution in [0.4, 0.5) is 5.69 Å². The molecule has 0 spiro atoms. The van der Waals surface area contributed by atoms with Crippen LogP contribution < -0.4 is 11.1 Å². The number of hydrogen-bond donors (Lipinski definition) is 2. The quantitative estimate of drug-likeness (QED) is 0.820. The highest BCUT2D eigenvalue weighted by Gasteiger charge is 2.05. The summed E-state index contributed by atoms with van der Waals surface area (Å²) >= 11 is 10.1. The van der Waals surface area contributed by atoms with Crippen molar-refractivity contribution in [3.05, 3.63) is 44.8 Å². The van der Waals surface area contributed by atoms with Crippen LogP contribution in [0.2, 0.25) is 0 Å². The minimum Gasteiger partial charge on any atom is -0.389 e. The summed E-state index contributed by atoms with van der Waals surface area (Å²) in [4.78, 5) is 4.64. The summed E-state index contributed by atoms with van der Waals surface area (Å²) in [5, 5.41) is 5.39. The standard InChI is InChI=1S/C12H12BrN3S2/c13-8-1-2-10(12(14)17)11(5-8)15-4-3-9-6-18-7-16-9/h1-2,5-7,15H,3-4H2,(H2,14,17). The Bertz CT molecular complexity index is 540. The van der Waals surface area contributed by atoms with Gasteiger partial charge in [-0.2, -0.15) is 0 Å². The molecule has 2 rings (SSSR count). The Morgan fingerprint density at radius 3 is 3.00 bits per heavy atom. The summed E-state index contributed by atoms with van der Waals surface area (Å²) in [6, 6.07) is 5.83. The first kappa shape index (κ1) is 13.5. The third kappa shape index (κ3) is 3.51. The third-order valence-electron chi connectivity index (χ3n) is 2.43. The number of halogens is 1. The Hall–Kier alpha value is -0.980. The van der Waals surface area contributed by atoms with Gasteiger partial charge in [-0.05, 0) is 18.2 Å². The lowest BCUT2D eigenvalue weighted by Gasteiger charge is -2.11. The molecule has 0 unspecified atom stereocenters. The number of thiocarbonyl (C=S) groups is 1. The van der Waals surface area contributed by atoms with Crippen LogP contribution in [0.3, 0.4) is 0 Å². The van der Waals surface area contributed by atoms with Crippen molar-refractivity contribution in [3.8, 4) is 0 Å². The molecule has 6 heteroatoms. The van der Waals surface area contributed by atoms with Gasteiger partial charge in [-0.15, -0.1) is 11.3 Å². The minimum absolute atomic E-state index is 0.402. The first-order valence-corrected chi connectivity index (χ1v) is 7.51. The van der Waals surface area contributed by atoms with Gasteiger partial charge < -0.3 is 11.1 Å². The Kier molecular flexibility index (Phi) is 4.68. The molecule has 0 saturated heterocycles. The van der Waals surface area contributed by atoms with Crippen LogP contribution in [0, 0.1) is 0 Å². The van der Waals surface area contributed by atoms with Gasteiger partial charge in [-0.25, -0.2) is 4.98 Å². The van der Waals surface area contributed by atoms with E-state index >= 15 is 0 Å². The third-order valence-corrected chi connectivity index (χ3v) is 3.78. The molecule has 1 aromatic heterocycles. The Morgan fingerprint density at radius 1 is 1.50 bits per heavy atom. The average Bonchev–Trinajstić information content (AvgIpc) is 2.82. The van der Waals surface area contributed by atoms with Crippen molar-refractivity contribution in [2.75, 3.05) is 11.9 Å². The molecule has 3 N–H and O–H groups in total. The molecule has 18 heavy (non-hydrogen) atoms. The molecule has 0 radical (unpaired) electrons. The monoisotopic (exact) mass is 341 g/mol. The fourth-order valence-electron chi connectivity index (χ4n) is 1.56. The van der Waals surface area contributed by atoms with Crippen LogP contribution in [0.5, 0.6) is 0 Å². The molecule has 2 aromatic rings. The highest BCUT2D eigenvalue weighted by atomic mass is 79.9. The zero-order valence-electron chi connectivity index (χ0n) is 9.52. The highest BCUT2D eigenvalue weighted by Crippen LogP contribution is 2.21. The molecule has 0 aliphatic heterocycles. The van der Waals surface area contributed by atoms with Crippen molar-refractivity contribution in [1.29, 1.82) is 0 Å². The lowest BCUT2D eigenvalue weighted by Crippen LogP contribution is -2.14. The number of aromatic nitrogens is 1. The largest absolute Gasteiger partial charge is 0.389 e. The molecule has 94 valence electrons. The average molecular weight is 342 g/mol. The molecule has 0 amide bonds. The van der Waals surface area contributed by atoms with E-state index in [9.17, 15) is 0 Å². The second-order valence-corrected chi connectivity index (χ2v) is 5.78. The molecule has 0 bridgehead atoms. The van der Waals surface area contributed by atoms with E-state index in [0.29, 0.717) is 4.99 Å². The zero-order valence-corrected chi connectivity index (χ0v) is 12.7. The summed E-state index contributed by atoms with van der Waals surface area (Å²) in [6.07, 6.45) is 0.882. The van der Waals surface area contributed by atoms with Crippen molar-refractivity contribution >= 4 is 50.2 Å². The lowest BCUT2D eigenvalue weighted by atomic mass is 10.1. The van der Waals surface area contributed by atoms with E-state index in [2.05, 4.69) is 31.6 Å². The molecular weight excluding hydrogens is 330 g/mol. The number of benzene rings is 1. The maximum Gasteiger partial charge on any atom is 0.106 e. The van der Waals surface area contributed by atoms with Crippen molar-refractivity contribution in [2.45, 2.75) is 6.42 Å². The summed E-state index contributed by atoms with van der Waals surface area (Å²) in [5.41, 5.74) is 10.5. The number of nitrogens with zero attached hydrogens (tertiary/aromatic N) is 1. The van der Waals surface area contributed by atoms with E-state index in [0.717, 1.165) is 34.4 Å². The van der Waals surface area contributed by atoms with Crippen LogP contribution in [-0.4, -0.2) is 16.5 Å². The van der Waals surface area contributed by atoms with E-state index < -0.39 is 0 Å². The van der Waals surface area contributed by atoms with Crippen LogP contribution in [-0.2, 0) is 6.42 Å². The summed E-state index contributed by atoms with van der Waals surface area (Å²) in [7, 11) is 0. The molecule has 0 aliphatic rings. The normalized spacial score (nSPS) is 10.3. The van der Waals surface area contributed by atoms with Crippen molar-refractivity contribution in [1.82, 2.24) is 4.98 Å². The Labute approximate surface area is 124 Å². The molecular formula is C12H12BrN3S2. The summed E-state index contributed by atoms with van der Waals surface area (Å²) in [5.74, 6) is 0. The van der Waals surface area contributed by atoms with E-state index in [4.69, 9.17) is 18.0 Å². The predicted octanol–water partition coefficient (Wildman–Crippen LogP) is 3.19. The number of rotatable bonds is 5. The van der Waals surface area contributed by atoms with E-state index in [1.54, 1.807) is 11.3 Å². The second-order valence-electron chi connectivity index (χ2n) is 3.71. The van der Waals surface area contributed by atoms with Gasteiger partial charge >= 0.3 is 0 Å². The number of nitrogens with one attached hydrogen (secondary N) is 1. The van der Waals surface area contributed by atoms with Crippen LogP contribution in [0.1, 0.15) is 11.3 Å². The summed E-state index contributed by atoms with van der Waals surface area (Å²) in [6.45, 7) is 0.801. The fraction of sp³-hybridized carbons (Fsp3) is 0.167. The van der Waals surface area contributed by atoms with Crippen LogP contribution in [0.15, 0.2) is 33.6 Å². The number of anilines is 1.